The van der Waals surface area contributed by atoms with Crippen LogP contribution in [-0.2, 0) is 13.6 Å². The molecule has 0 aliphatic carbocycles. The number of nitrogens with one attached hydrogen (secondary N) is 1. The van der Waals surface area contributed by atoms with Gasteiger partial charge in [-0.2, -0.15) is 0 Å². The molecule has 2 rings (SSSR count). The molecule has 1 aliphatic rings. The Morgan fingerprint density at radius 2 is 2.11 bits per heavy atom. The SMILES string of the molecule is CNCCC1CCN(Cc2cncn2C)CC1.Cl. The van der Waals surface area contributed by atoms with Crippen molar-refractivity contribution in [3.8, 4) is 0 Å². The summed E-state index contributed by atoms with van der Waals surface area (Å²) in [4.78, 5) is 6.72. The molecular weight excluding hydrogens is 248 g/mol. The molecule has 4 nitrogen and oxygen atoms in total. The zero-order chi connectivity index (χ0) is 12.1. The Kier molecular flexibility index (Phi) is 6.68. The third-order valence-corrected chi connectivity index (χ3v) is 3.81. The fourth-order valence-corrected chi connectivity index (χ4v) is 2.55. The summed E-state index contributed by atoms with van der Waals surface area (Å²) in [7, 11) is 4.11. The van der Waals surface area contributed by atoms with Gasteiger partial charge in [-0.25, -0.2) is 4.98 Å². The lowest BCUT2D eigenvalue weighted by Gasteiger charge is -2.31. The standard InChI is InChI=1S/C13H24N4.ClH/c1-14-6-3-12-4-7-17(8-5-12)10-13-9-15-11-16(13)2;/h9,11-12,14H,3-8,10H2,1-2H3;1H. The van der Waals surface area contributed by atoms with E-state index < -0.39 is 0 Å². The molecule has 0 spiro atoms. The number of aryl methyl sites for hydroxylation is 1. The lowest BCUT2D eigenvalue weighted by Crippen LogP contribution is -2.34. The van der Waals surface area contributed by atoms with Gasteiger partial charge >= 0.3 is 0 Å². The first-order valence-electron chi connectivity index (χ1n) is 6.61. The Morgan fingerprint density at radius 3 is 2.67 bits per heavy atom. The maximum absolute atomic E-state index is 4.17. The van der Waals surface area contributed by atoms with Crippen molar-refractivity contribution >= 4 is 12.4 Å². The highest BCUT2D eigenvalue weighted by Crippen LogP contribution is 2.21. The molecule has 0 unspecified atom stereocenters. The van der Waals surface area contributed by atoms with E-state index in [4.69, 9.17) is 0 Å². The van der Waals surface area contributed by atoms with Gasteiger partial charge in [-0.3, -0.25) is 4.90 Å². The molecule has 1 aromatic rings. The smallest absolute Gasteiger partial charge is 0.0945 e. The van der Waals surface area contributed by atoms with E-state index >= 15 is 0 Å². The highest BCUT2D eigenvalue weighted by atomic mass is 35.5. The average Bonchev–Trinajstić information content (AvgIpc) is 2.74. The maximum atomic E-state index is 4.17. The van der Waals surface area contributed by atoms with Crippen molar-refractivity contribution in [3.05, 3.63) is 18.2 Å². The van der Waals surface area contributed by atoms with Crippen LogP contribution in [0.2, 0.25) is 0 Å². The summed E-state index contributed by atoms with van der Waals surface area (Å²) in [6.45, 7) is 4.68. The van der Waals surface area contributed by atoms with Crippen LogP contribution in [0.4, 0.5) is 0 Å². The summed E-state index contributed by atoms with van der Waals surface area (Å²) < 4.78 is 2.12. The van der Waals surface area contributed by atoms with E-state index in [1.807, 2.05) is 19.6 Å². The molecule has 1 N–H and O–H groups in total. The Bertz CT molecular complexity index is 331. The van der Waals surface area contributed by atoms with E-state index in [-0.39, 0.29) is 12.4 Å². The number of aromatic nitrogens is 2. The molecular formula is C13H25ClN4. The van der Waals surface area contributed by atoms with Gasteiger partial charge in [0.1, 0.15) is 0 Å². The number of imidazole rings is 1. The fraction of sp³-hybridized carbons (Fsp3) is 0.769. The van der Waals surface area contributed by atoms with Crippen molar-refractivity contribution < 1.29 is 0 Å². The van der Waals surface area contributed by atoms with Gasteiger partial charge in [-0.1, -0.05) is 0 Å². The Labute approximate surface area is 116 Å². The van der Waals surface area contributed by atoms with Gasteiger partial charge in [-0.05, 0) is 51.9 Å². The Hall–Kier alpha value is -0.580. The predicted octanol–water partition coefficient (Wildman–Crippen LogP) is 1.66. The number of hydrogen-bond donors (Lipinski definition) is 1. The number of nitrogens with zero attached hydrogens (tertiary/aromatic N) is 3. The monoisotopic (exact) mass is 272 g/mol. The van der Waals surface area contributed by atoms with Crippen molar-refractivity contribution in [2.24, 2.45) is 13.0 Å². The van der Waals surface area contributed by atoms with Crippen LogP contribution >= 0.6 is 12.4 Å². The van der Waals surface area contributed by atoms with Crippen LogP contribution in [0.1, 0.15) is 25.0 Å². The van der Waals surface area contributed by atoms with Crippen LogP contribution in [0.15, 0.2) is 12.5 Å². The fourth-order valence-electron chi connectivity index (χ4n) is 2.55. The van der Waals surface area contributed by atoms with E-state index in [1.54, 1.807) is 0 Å². The van der Waals surface area contributed by atoms with Crippen LogP contribution in [-0.4, -0.2) is 41.1 Å². The minimum Gasteiger partial charge on any atom is -0.337 e. The van der Waals surface area contributed by atoms with Crippen molar-refractivity contribution in [2.45, 2.75) is 25.8 Å². The van der Waals surface area contributed by atoms with E-state index in [0.29, 0.717) is 0 Å². The number of hydrogen-bond acceptors (Lipinski definition) is 3. The largest absolute Gasteiger partial charge is 0.337 e. The highest BCUT2D eigenvalue weighted by molar-refractivity contribution is 5.85. The lowest BCUT2D eigenvalue weighted by atomic mass is 9.93. The molecule has 104 valence electrons. The normalized spacial score (nSPS) is 17.7. The van der Waals surface area contributed by atoms with E-state index in [9.17, 15) is 0 Å². The van der Waals surface area contributed by atoms with E-state index in [2.05, 4.69) is 26.8 Å². The van der Waals surface area contributed by atoms with Crippen molar-refractivity contribution in [2.75, 3.05) is 26.7 Å². The van der Waals surface area contributed by atoms with Gasteiger partial charge in [0.2, 0.25) is 0 Å². The molecule has 1 aromatic heterocycles. The van der Waals surface area contributed by atoms with Crippen LogP contribution in [0.25, 0.3) is 0 Å². The third kappa shape index (κ3) is 4.26. The van der Waals surface area contributed by atoms with Gasteiger partial charge in [0.25, 0.3) is 0 Å². The molecule has 0 bridgehead atoms. The minimum atomic E-state index is 0. The van der Waals surface area contributed by atoms with Gasteiger partial charge in [0.05, 0.1) is 12.0 Å². The molecule has 0 aromatic carbocycles. The molecule has 1 saturated heterocycles. The first kappa shape index (κ1) is 15.5. The molecule has 0 saturated carbocycles. The second-order valence-electron chi connectivity index (χ2n) is 5.11. The van der Waals surface area contributed by atoms with Crippen LogP contribution in [0.3, 0.4) is 0 Å². The van der Waals surface area contributed by atoms with E-state index in [1.165, 1.54) is 38.0 Å². The zero-order valence-corrected chi connectivity index (χ0v) is 12.2. The summed E-state index contributed by atoms with van der Waals surface area (Å²) in [6, 6.07) is 0. The summed E-state index contributed by atoms with van der Waals surface area (Å²) >= 11 is 0. The quantitative estimate of drug-likeness (QED) is 0.885. The Morgan fingerprint density at radius 1 is 1.39 bits per heavy atom. The minimum absolute atomic E-state index is 0. The molecule has 0 atom stereocenters. The maximum Gasteiger partial charge on any atom is 0.0945 e. The molecule has 18 heavy (non-hydrogen) atoms. The average molecular weight is 273 g/mol. The van der Waals surface area contributed by atoms with E-state index in [0.717, 1.165) is 19.0 Å². The molecule has 1 aliphatic heterocycles. The number of piperidine rings is 1. The summed E-state index contributed by atoms with van der Waals surface area (Å²) in [5.41, 5.74) is 1.32. The van der Waals surface area contributed by atoms with Gasteiger partial charge < -0.3 is 9.88 Å². The summed E-state index contributed by atoms with van der Waals surface area (Å²) in [5.74, 6) is 0.922. The molecule has 0 amide bonds. The topological polar surface area (TPSA) is 33.1 Å². The number of rotatable bonds is 5. The molecule has 1 fully saturated rings. The van der Waals surface area contributed by atoms with Crippen LogP contribution in [0.5, 0.6) is 0 Å². The first-order valence-corrected chi connectivity index (χ1v) is 6.61. The molecule has 5 heteroatoms. The second-order valence-corrected chi connectivity index (χ2v) is 5.11. The van der Waals surface area contributed by atoms with Crippen molar-refractivity contribution in [3.63, 3.8) is 0 Å². The highest BCUT2D eigenvalue weighted by Gasteiger charge is 2.19. The second kappa shape index (κ2) is 7.77. The third-order valence-electron chi connectivity index (χ3n) is 3.81. The Balaban J connectivity index is 0.00000162. The van der Waals surface area contributed by atoms with Crippen LogP contribution in [0, 0.1) is 5.92 Å². The lowest BCUT2D eigenvalue weighted by molar-refractivity contribution is 0.169. The number of likely N-dealkylation sites (tertiary alicyclic amines) is 1. The molecule has 0 radical (unpaired) electrons. The van der Waals surface area contributed by atoms with Gasteiger partial charge in [-0.15, -0.1) is 12.4 Å². The summed E-state index contributed by atoms with van der Waals surface area (Å²) in [5, 5.41) is 3.24. The van der Waals surface area contributed by atoms with Crippen molar-refractivity contribution in [1.82, 2.24) is 19.8 Å². The predicted molar refractivity (Wildman–Crippen MR) is 77.0 cm³/mol. The number of halogens is 1. The summed E-state index contributed by atoms with van der Waals surface area (Å²) in [6.07, 6.45) is 7.89. The van der Waals surface area contributed by atoms with Crippen LogP contribution < -0.4 is 5.32 Å². The zero-order valence-electron chi connectivity index (χ0n) is 11.4. The molecule has 2 heterocycles. The first-order chi connectivity index (χ1) is 8.29. The van der Waals surface area contributed by atoms with Gasteiger partial charge in [0.15, 0.2) is 0 Å². The van der Waals surface area contributed by atoms with Gasteiger partial charge in [0, 0.05) is 19.8 Å². The van der Waals surface area contributed by atoms with Crippen molar-refractivity contribution in [1.29, 1.82) is 0 Å².